The van der Waals surface area contributed by atoms with E-state index in [4.69, 9.17) is 4.74 Å². The normalized spacial score (nSPS) is 27.2. The largest absolute Gasteiger partial charge is 0.495 e. The van der Waals surface area contributed by atoms with Crippen molar-refractivity contribution >= 4 is 17.3 Å². The second-order valence-corrected chi connectivity index (χ2v) is 9.43. The van der Waals surface area contributed by atoms with Crippen molar-refractivity contribution in [1.29, 1.82) is 0 Å². The third kappa shape index (κ3) is 3.09. The summed E-state index contributed by atoms with van der Waals surface area (Å²) in [7, 11) is 1.62. The molecule has 0 radical (unpaired) electrons. The van der Waals surface area contributed by atoms with Crippen molar-refractivity contribution in [1.82, 2.24) is 0 Å². The molecule has 2 fully saturated rings. The third-order valence-corrected chi connectivity index (χ3v) is 7.86. The topological polar surface area (TPSA) is 50.4 Å². The molecular formula is C28H28N2O2. The highest BCUT2D eigenvalue weighted by atomic mass is 16.5. The van der Waals surface area contributed by atoms with Gasteiger partial charge >= 0.3 is 0 Å². The van der Waals surface area contributed by atoms with E-state index in [1.807, 2.05) is 30.3 Å². The van der Waals surface area contributed by atoms with E-state index in [0.29, 0.717) is 34.9 Å². The fourth-order valence-electron chi connectivity index (χ4n) is 6.56. The van der Waals surface area contributed by atoms with E-state index in [1.54, 1.807) is 7.11 Å². The van der Waals surface area contributed by atoms with Gasteiger partial charge < -0.3 is 15.4 Å². The van der Waals surface area contributed by atoms with E-state index in [1.165, 1.54) is 36.1 Å². The first kappa shape index (κ1) is 19.4. The average Bonchev–Trinajstić information content (AvgIpc) is 3.47. The molecule has 0 spiro atoms. The summed E-state index contributed by atoms with van der Waals surface area (Å²) < 4.78 is 5.39. The van der Waals surface area contributed by atoms with Crippen LogP contribution in [0.5, 0.6) is 5.75 Å². The first-order valence-corrected chi connectivity index (χ1v) is 11.6. The van der Waals surface area contributed by atoms with Crippen LogP contribution in [0, 0.1) is 17.8 Å². The quantitative estimate of drug-likeness (QED) is 0.521. The van der Waals surface area contributed by atoms with E-state index in [9.17, 15) is 4.79 Å². The van der Waals surface area contributed by atoms with E-state index in [2.05, 4.69) is 53.1 Å². The molecule has 3 aliphatic rings. The second kappa shape index (κ2) is 7.70. The first-order chi connectivity index (χ1) is 15.7. The van der Waals surface area contributed by atoms with Gasteiger partial charge in [0.15, 0.2) is 0 Å². The molecule has 6 rings (SSSR count). The number of anilines is 2. The minimum atomic E-state index is -0.0952. The van der Waals surface area contributed by atoms with Gasteiger partial charge in [0.2, 0.25) is 0 Å². The lowest BCUT2D eigenvalue weighted by molar-refractivity contribution is 0.102. The van der Waals surface area contributed by atoms with Crippen LogP contribution in [0.15, 0.2) is 72.8 Å². The van der Waals surface area contributed by atoms with E-state index in [-0.39, 0.29) is 5.91 Å². The Kier molecular flexibility index (Phi) is 4.67. The van der Waals surface area contributed by atoms with Crippen LogP contribution in [0.1, 0.15) is 52.7 Å². The Morgan fingerprint density at radius 2 is 1.75 bits per heavy atom. The van der Waals surface area contributed by atoms with Crippen molar-refractivity contribution in [3.8, 4) is 5.75 Å². The van der Waals surface area contributed by atoms with Gasteiger partial charge in [0, 0.05) is 11.3 Å². The number of para-hydroxylation sites is 2. The molecule has 1 aliphatic heterocycles. The number of methoxy groups -OCH3 is 1. The number of benzene rings is 3. The molecule has 0 saturated heterocycles. The number of carbonyl (C=O) groups excluding carboxylic acids is 1. The molecule has 4 heteroatoms. The summed E-state index contributed by atoms with van der Waals surface area (Å²) in [5.74, 6) is 3.18. The molecule has 4 nitrogen and oxygen atoms in total. The van der Waals surface area contributed by atoms with Crippen molar-refractivity contribution in [3.63, 3.8) is 0 Å². The zero-order valence-corrected chi connectivity index (χ0v) is 18.3. The predicted octanol–water partition coefficient (Wildman–Crippen LogP) is 6.24. The van der Waals surface area contributed by atoms with Gasteiger partial charge in [-0.1, -0.05) is 42.5 Å². The Labute approximate surface area is 189 Å². The molecule has 2 aliphatic carbocycles. The summed E-state index contributed by atoms with van der Waals surface area (Å²) in [4.78, 5) is 13.1. The van der Waals surface area contributed by atoms with Gasteiger partial charge in [0.1, 0.15) is 5.75 Å². The fourth-order valence-corrected chi connectivity index (χ4v) is 6.56. The first-order valence-electron chi connectivity index (χ1n) is 11.6. The summed E-state index contributed by atoms with van der Waals surface area (Å²) in [5.41, 5.74) is 5.27. The van der Waals surface area contributed by atoms with E-state index >= 15 is 0 Å². The zero-order valence-electron chi connectivity index (χ0n) is 18.3. The minimum absolute atomic E-state index is 0.0952. The maximum Gasteiger partial charge on any atom is 0.255 e. The highest BCUT2D eigenvalue weighted by molar-refractivity contribution is 6.05. The average molecular weight is 425 g/mol. The van der Waals surface area contributed by atoms with Gasteiger partial charge in [-0.05, 0) is 84.4 Å². The number of hydrogen-bond acceptors (Lipinski definition) is 3. The van der Waals surface area contributed by atoms with Crippen LogP contribution >= 0.6 is 0 Å². The van der Waals surface area contributed by atoms with E-state index in [0.717, 1.165) is 11.8 Å². The Bertz CT molecular complexity index is 1160. The lowest BCUT2D eigenvalue weighted by Gasteiger charge is -2.43. The SMILES string of the molecule is COc1ccccc1NC(=O)c1ccc2c(c1)[C@@H]1[C@H]3CC[C@@H](C3)[C@@H]1[C@@H](c1ccccc1)N2. The monoisotopic (exact) mass is 424 g/mol. The standard InChI is InChI=1S/C28H28N2O2/c1-32-24-10-6-5-9-23(24)30-28(31)20-13-14-22-21(16-20)25-18-11-12-19(15-18)26(25)27(29-22)17-7-3-2-4-8-17/h2-10,13-14,16,18-19,25-27,29H,11-12,15H2,1H3,(H,30,31)/t18-,19-,25-,26-,27+/m0/s1. The van der Waals surface area contributed by atoms with Crippen molar-refractivity contribution in [2.45, 2.75) is 31.2 Å². The number of hydrogen-bond donors (Lipinski definition) is 2. The highest BCUT2D eigenvalue weighted by Gasteiger charge is 2.53. The molecule has 0 unspecified atom stereocenters. The van der Waals surface area contributed by atoms with Crippen LogP contribution in [0.25, 0.3) is 0 Å². The molecule has 2 N–H and O–H groups in total. The van der Waals surface area contributed by atoms with Crippen molar-refractivity contribution in [2.24, 2.45) is 17.8 Å². The predicted molar refractivity (Wildman–Crippen MR) is 127 cm³/mol. The van der Waals surface area contributed by atoms with Crippen molar-refractivity contribution < 1.29 is 9.53 Å². The summed E-state index contributed by atoms with van der Waals surface area (Å²) in [6.45, 7) is 0. The van der Waals surface area contributed by atoms with E-state index < -0.39 is 0 Å². The summed E-state index contributed by atoms with van der Waals surface area (Å²) >= 11 is 0. The number of rotatable bonds is 4. The molecule has 162 valence electrons. The van der Waals surface area contributed by atoms with Crippen LogP contribution in [-0.2, 0) is 0 Å². The fraction of sp³-hybridized carbons (Fsp3) is 0.321. The van der Waals surface area contributed by atoms with Gasteiger partial charge in [-0.3, -0.25) is 4.79 Å². The van der Waals surface area contributed by atoms with Crippen molar-refractivity contribution in [3.05, 3.63) is 89.5 Å². The Morgan fingerprint density at radius 1 is 0.969 bits per heavy atom. The Hall–Kier alpha value is -3.27. The zero-order chi connectivity index (χ0) is 21.7. The molecule has 5 atom stereocenters. The van der Waals surface area contributed by atoms with Gasteiger partial charge in [-0.15, -0.1) is 0 Å². The number of fused-ring (bicyclic) bond motifs is 7. The van der Waals surface area contributed by atoms with Gasteiger partial charge in [0.05, 0.1) is 18.8 Å². The molecule has 3 aromatic rings. The molecule has 1 heterocycles. The molecule has 32 heavy (non-hydrogen) atoms. The number of amides is 1. The minimum Gasteiger partial charge on any atom is -0.495 e. The van der Waals surface area contributed by atoms with Crippen LogP contribution in [0.3, 0.4) is 0 Å². The maximum atomic E-state index is 13.1. The van der Waals surface area contributed by atoms with Gasteiger partial charge in [-0.2, -0.15) is 0 Å². The van der Waals surface area contributed by atoms with Gasteiger partial charge in [-0.25, -0.2) is 0 Å². The number of carbonyl (C=O) groups is 1. The maximum absolute atomic E-state index is 13.1. The van der Waals surface area contributed by atoms with Crippen LogP contribution < -0.4 is 15.4 Å². The molecule has 2 saturated carbocycles. The van der Waals surface area contributed by atoms with Crippen molar-refractivity contribution in [2.75, 3.05) is 17.7 Å². The lowest BCUT2D eigenvalue weighted by Crippen LogP contribution is -2.35. The smallest absolute Gasteiger partial charge is 0.255 e. The van der Waals surface area contributed by atoms with Crippen LogP contribution in [-0.4, -0.2) is 13.0 Å². The Balaban J connectivity index is 1.35. The lowest BCUT2D eigenvalue weighted by atomic mass is 9.68. The molecule has 3 aromatic carbocycles. The molecule has 2 bridgehead atoms. The van der Waals surface area contributed by atoms with Gasteiger partial charge in [0.25, 0.3) is 5.91 Å². The second-order valence-electron chi connectivity index (χ2n) is 9.43. The molecule has 1 amide bonds. The van der Waals surface area contributed by atoms with Crippen LogP contribution in [0.2, 0.25) is 0 Å². The molecule has 0 aromatic heterocycles. The summed E-state index contributed by atoms with van der Waals surface area (Å²) in [6, 6.07) is 24.9. The number of nitrogens with one attached hydrogen (secondary N) is 2. The third-order valence-electron chi connectivity index (χ3n) is 7.86. The van der Waals surface area contributed by atoms with Crippen LogP contribution in [0.4, 0.5) is 11.4 Å². The Morgan fingerprint density at radius 3 is 2.59 bits per heavy atom. The summed E-state index contributed by atoms with van der Waals surface area (Å²) in [5, 5.41) is 6.88. The molecular weight excluding hydrogens is 396 g/mol. The number of ether oxygens (including phenoxy) is 1. The summed E-state index contributed by atoms with van der Waals surface area (Å²) in [6.07, 6.45) is 3.96. The highest BCUT2D eigenvalue weighted by Crippen LogP contribution is 2.63.